The van der Waals surface area contributed by atoms with Crippen molar-refractivity contribution in [3.8, 4) is 10.6 Å². The minimum absolute atomic E-state index is 0.172. The monoisotopic (exact) mass is 532 g/mol. The molecule has 0 saturated carbocycles. The lowest BCUT2D eigenvalue weighted by Crippen LogP contribution is -2.33. The van der Waals surface area contributed by atoms with Gasteiger partial charge in [-0.25, -0.2) is 0 Å². The molecule has 33 heavy (non-hydrogen) atoms. The second-order valence-electron chi connectivity index (χ2n) is 6.94. The number of thiocarbonyl (C=S) groups is 1. The van der Waals surface area contributed by atoms with Crippen LogP contribution < -0.4 is 10.6 Å². The SMILES string of the molecule is CCc1nnc2sc(-c3ccc(NC(=S)NC(=O)c4sc5cc(Cl)ccc5c4Cl)cc3)nn12. The Morgan fingerprint density at radius 1 is 1.12 bits per heavy atom. The number of benzene rings is 2. The number of hydrogen-bond acceptors (Lipinski definition) is 7. The molecule has 0 spiro atoms. The van der Waals surface area contributed by atoms with Gasteiger partial charge in [-0.05, 0) is 48.6 Å². The first-order chi connectivity index (χ1) is 15.9. The van der Waals surface area contributed by atoms with Gasteiger partial charge in [-0.2, -0.15) is 9.61 Å². The molecule has 2 aromatic carbocycles. The highest BCUT2D eigenvalue weighted by Gasteiger charge is 2.18. The number of nitrogens with one attached hydrogen (secondary N) is 2. The maximum atomic E-state index is 12.7. The van der Waals surface area contributed by atoms with E-state index in [1.165, 1.54) is 22.7 Å². The summed E-state index contributed by atoms with van der Waals surface area (Å²) in [4.78, 5) is 13.8. The number of carbonyl (C=O) groups is 1. The third-order valence-electron chi connectivity index (χ3n) is 4.79. The highest BCUT2D eigenvalue weighted by atomic mass is 35.5. The Bertz CT molecular complexity index is 1520. The first-order valence-electron chi connectivity index (χ1n) is 9.74. The third-order valence-corrected chi connectivity index (χ3v) is 7.83. The zero-order chi connectivity index (χ0) is 23.1. The highest BCUT2D eigenvalue weighted by molar-refractivity contribution is 7.80. The number of fused-ring (bicyclic) bond motifs is 2. The molecule has 0 aliphatic carbocycles. The van der Waals surface area contributed by atoms with E-state index < -0.39 is 0 Å². The van der Waals surface area contributed by atoms with Gasteiger partial charge in [0.15, 0.2) is 10.9 Å². The number of anilines is 1. The molecule has 5 rings (SSSR count). The summed E-state index contributed by atoms with van der Waals surface area (Å²) < 4.78 is 2.60. The summed E-state index contributed by atoms with van der Waals surface area (Å²) in [6.45, 7) is 2.02. The number of carbonyl (C=O) groups excluding carboxylic acids is 1. The zero-order valence-corrected chi connectivity index (χ0v) is 20.9. The Balaban J connectivity index is 1.27. The molecule has 0 aliphatic heterocycles. The average molecular weight is 533 g/mol. The minimum atomic E-state index is -0.377. The van der Waals surface area contributed by atoms with E-state index in [9.17, 15) is 4.79 Å². The van der Waals surface area contributed by atoms with E-state index in [0.717, 1.165) is 43.6 Å². The summed E-state index contributed by atoms with van der Waals surface area (Å²) in [6, 6.07) is 12.9. The Morgan fingerprint density at radius 2 is 1.91 bits per heavy atom. The van der Waals surface area contributed by atoms with E-state index in [4.69, 9.17) is 35.4 Å². The molecule has 5 aromatic rings. The van der Waals surface area contributed by atoms with Crippen molar-refractivity contribution in [1.29, 1.82) is 0 Å². The van der Waals surface area contributed by atoms with Crippen LogP contribution in [0.15, 0.2) is 42.5 Å². The van der Waals surface area contributed by atoms with Crippen LogP contribution in [-0.2, 0) is 6.42 Å². The second-order valence-corrected chi connectivity index (χ2v) is 10.2. The molecule has 0 aliphatic rings. The summed E-state index contributed by atoms with van der Waals surface area (Å²) in [7, 11) is 0. The fourth-order valence-corrected chi connectivity index (χ4v) is 5.96. The fraction of sp³-hybridized carbons (Fsp3) is 0.0952. The quantitative estimate of drug-likeness (QED) is 0.273. The predicted molar refractivity (Wildman–Crippen MR) is 139 cm³/mol. The van der Waals surface area contributed by atoms with E-state index in [0.29, 0.717) is 14.9 Å². The lowest BCUT2D eigenvalue weighted by molar-refractivity contribution is 0.0982. The Kier molecular flexibility index (Phi) is 6.02. The standard InChI is InChI=1S/C21H14Cl2N6OS3/c1-2-15-26-27-21-29(15)28-19(33-21)10-3-6-12(7-4-10)24-20(31)25-18(30)17-16(23)13-8-5-11(22)9-14(13)32-17/h3-9H,2H2,1H3,(H2,24,25,30,31). The zero-order valence-electron chi connectivity index (χ0n) is 16.9. The number of hydrogen-bond donors (Lipinski definition) is 2. The topological polar surface area (TPSA) is 84.2 Å². The lowest BCUT2D eigenvalue weighted by atomic mass is 10.2. The number of rotatable bonds is 4. The van der Waals surface area contributed by atoms with E-state index in [1.54, 1.807) is 22.7 Å². The van der Waals surface area contributed by atoms with Crippen molar-refractivity contribution in [3.63, 3.8) is 0 Å². The van der Waals surface area contributed by atoms with Crippen LogP contribution >= 0.6 is 58.1 Å². The van der Waals surface area contributed by atoms with Crippen molar-refractivity contribution in [2.24, 2.45) is 0 Å². The number of aryl methyl sites for hydroxylation is 1. The summed E-state index contributed by atoms with van der Waals surface area (Å²) >= 11 is 20.5. The molecule has 0 bridgehead atoms. The second kappa shape index (κ2) is 8.96. The van der Waals surface area contributed by atoms with Crippen LogP contribution in [0.4, 0.5) is 5.69 Å². The molecule has 0 saturated heterocycles. The van der Waals surface area contributed by atoms with E-state index in [1.807, 2.05) is 31.2 Å². The van der Waals surface area contributed by atoms with Gasteiger partial charge in [0.1, 0.15) is 9.88 Å². The predicted octanol–water partition coefficient (Wildman–Crippen LogP) is 6.06. The first kappa shape index (κ1) is 22.2. The summed E-state index contributed by atoms with van der Waals surface area (Å²) in [5.74, 6) is 0.451. The molecule has 3 aromatic heterocycles. The molecule has 2 N–H and O–H groups in total. The molecule has 0 unspecified atom stereocenters. The van der Waals surface area contributed by atoms with Crippen LogP contribution in [0.1, 0.15) is 22.4 Å². The van der Waals surface area contributed by atoms with Gasteiger partial charge in [-0.1, -0.05) is 47.5 Å². The third kappa shape index (κ3) is 4.32. The van der Waals surface area contributed by atoms with Crippen molar-refractivity contribution in [2.75, 3.05) is 5.32 Å². The van der Waals surface area contributed by atoms with Crippen molar-refractivity contribution in [2.45, 2.75) is 13.3 Å². The van der Waals surface area contributed by atoms with Crippen molar-refractivity contribution >= 4 is 89.8 Å². The van der Waals surface area contributed by atoms with Crippen LogP contribution in [-0.4, -0.2) is 30.8 Å². The van der Waals surface area contributed by atoms with E-state index in [2.05, 4.69) is 25.9 Å². The maximum absolute atomic E-state index is 12.7. The summed E-state index contributed by atoms with van der Waals surface area (Å²) in [5, 5.41) is 21.3. The van der Waals surface area contributed by atoms with Crippen molar-refractivity contribution < 1.29 is 4.79 Å². The van der Waals surface area contributed by atoms with Crippen LogP contribution in [0.3, 0.4) is 0 Å². The van der Waals surface area contributed by atoms with Crippen molar-refractivity contribution in [3.05, 3.63) is 63.2 Å². The number of aromatic nitrogens is 4. The van der Waals surface area contributed by atoms with Crippen LogP contribution in [0.2, 0.25) is 10.0 Å². The molecule has 3 heterocycles. The average Bonchev–Trinajstić information content (AvgIpc) is 3.47. The Morgan fingerprint density at radius 3 is 2.67 bits per heavy atom. The molecule has 0 atom stereocenters. The van der Waals surface area contributed by atoms with Gasteiger partial charge in [0.05, 0.1) is 5.02 Å². The molecule has 0 fully saturated rings. The molecular formula is C21H14Cl2N6OS3. The number of thiophene rings is 1. The first-order valence-corrected chi connectivity index (χ1v) is 12.5. The number of nitrogens with zero attached hydrogens (tertiary/aromatic N) is 4. The largest absolute Gasteiger partial charge is 0.332 e. The molecular weight excluding hydrogens is 519 g/mol. The minimum Gasteiger partial charge on any atom is -0.332 e. The van der Waals surface area contributed by atoms with Gasteiger partial charge in [0.25, 0.3) is 5.91 Å². The van der Waals surface area contributed by atoms with Crippen molar-refractivity contribution in [1.82, 2.24) is 25.1 Å². The van der Waals surface area contributed by atoms with Gasteiger partial charge >= 0.3 is 0 Å². The smallest absolute Gasteiger partial charge is 0.269 e. The maximum Gasteiger partial charge on any atom is 0.269 e. The van der Waals surface area contributed by atoms with Crippen LogP contribution in [0.25, 0.3) is 25.6 Å². The number of amides is 1. The summed E-state index contributed by atoms with van der Waals surface area (Å²) in [5.41, 5.74) is 1.68. The normalized spacial score (nSPS) is 11.2. The number of halogens is 2. The Labute approximate surface area is 211 Å². The molecule has 166 valence electrons. The van der Waals surface area contributed by atoms with Gasteiger partial charge < -0.3 is 5.32 Å². The van der Waals surface area contributed by atoms with Crippen LogP contribution in [0, 0.1) is 0 Å². The highest BCUT2D eigenvalue weighted by Crippen LogP contribution is 2.36. The van der Waals surface area contributed by atoms with Gasteiger partial charge in [0, 0.05) is 32.8 Å². The molecule has 12 heteroatoms. The van der Waals surface area contributed by atoms with E-state index in [-0.39, 0.29) is 11.0 Å². The molecule has 7 nitrogen and oxygen atoms in total. The van der Waals surface area contributed by atoms with E-state index >= 15 is 0 Å². The van der Waals surface area contributed by atoms with Gasteiger partial charge in [0.2, 0.25) is 4.96 Å². The van der Waals surface area contributed by atoms with Crippen LogP contribution in [0.5, 0.6) is 0 Å². The summed E-state index contributed by atoms with van der Waals surface area (Å²) in [6.07, 6.45) is 0.761. The molecule has 0 radical (unpaired) electrons. The van der Waals surface area contributed by atoms with Gasteiger partial charge in [-0.15, -0.1) is 21.5 Å². The lowest BCUT2D eigenvalue weighted by Gasteiger charge is -2.09. The fourth-order valence-electron chi connectivity index (χ4n) is 3.20. The van der Waals surface area contributed by atoms with Gasteiger partial charge in [-0.3, -0.25) is 10.1 Å². The Hall–Kier alpha value is -2.63. The molecule has 1 amide bonds.